The van der Waals surface area contributed by atoms with E-state index in [4.69, 9.17) is 16.1 Å². The van der Waals surface area contributed by atoms with E-state index in [1.165, 1.54) is 0 Å². The highest BCUT2D eigenvalue weighted by Gasteiger charge is 2.27. The van der Waals surface area contributed by atoms with E-state index in [-0.39, 0.29) is 0 Å². The van der Waals surface area contributed by atoms with E-state index in [0.29, 0.717) is 19.4 Å². The zero-order chi connectivity index (χ0) is 15.8. The predicted molar refractivity (Wildman–Crippen MR) is 90.3 cm³/mol. The highest BCUT2D eigenvalue weighted by atomic mass is 16.5. The molecule has 0 saturated heterocycles. The number of hydrogen-bond donors (Lipinski definition) is 2. The summed E-state index contributed by atoms with van der Waals surface area (Å²) in [7, 11) is 0. The summed E-state index contributed by atoms with van der Waals surface area (Å²) in [5, 5.41) is 0. The average Bonchev–Trinajstić information content (AvgIpc) is 2.58. The Hall–Kier alpha value is -2.11. The van der Waals surface area contributed by atoms with Gasteiger partial charge in [0.15, 0.2) is 0 Å². The Morgan fingerprint density at radius 3 is 1.95 bits per heavy atom. The standard InChI is InChI=1S/C17H21BN2O2/c19-13-7-12-16(20)17(21)22-18(14-8-3-1-4-9-14)15-10-5-2-6-11-15/h1-6,8-11,16H,7,12-13,19-20H2/t16-/m0/s1. The Balaban J connectivity index is 2.17. The van der Waals surface area contributed by atoms with Gasteiger partial charge in [0.1, 0.15) is 6.04 Å². The van der Waals surface area contributed by atoms with Crippen LogP contribution >= 0.6 is 0 Å². The van der Waals surface area contributed by atoms with Gasteiger partial charge < -0.3 is 16.1 Å². The molecule has 0 heterocycles. The summed E-state index contributed by atoms with van der Waals surface area (Å²) in [6, 6.07) is 18.7. The molecule has 5 heteroatoms. The van der Waals surface area contributed by atoms with Crippen molar-refractivity contribution < 1.29 is 9.45 Å². The van der Waals surface area contributed by atoms with E-state index in [1.54, 1.807) is 0 Å². The van der Waals surface area contributed by atoms with E-state index >= 15 is 0 Å². The fraction of sp³-hybridized carbons (Fsp3) is 0.235. The van der Waals surface area contributed by atoms with Crippen LogP contribution in [0.25, 0.3) is 0 Å². The molecule has 2 aromatic rings. The van der Waals surface area contributed by atoms with Crippen molar-refractivity contribution >= 4 is 23.8 Å². The van der Waals surface area contributed by atoms with Crippen LogP contribution in [0.1, 0.15) is 12.8 Å². The molecule has 4 N–H and O–H groups in total. The maximum absolute atomic E-state index is 12.2. The maximum Gasteiger partial charge on any atom is 0.429 e. The van der Waals surface area contributed by atoms with Crippen LogP contribution in [0.15, 0.2) is 60.7 Å². The minimum atomic E-state index is -0.640. The minimum Gasteiger partial charge on any atom is -0.525 e. The number of carbonyl (C=O) groups is 1. The molecule has 0 spiro atoms. The van der Waals surface area contributed by atoms with Crippen molar-refractivity contribution in [1.29, 1.82) is 0 Å². The Morgan fingerprint density at radius 1 is 1.00 bits per heavy atom. The number of hydrogen-bond acceptors (Lipinski definition) is 4. The largest absolute Gasteiger partial charge is 0.525 e. The van der Waals surface area contributed by atoms with E-state index < -0.39 is 18.9 Å². The Labute approximate surface area is 131 Å². The monoisotopic (exact) mass is 296 g/mol. The van der Waals surface area contributed by atoms with Gasteiger partial charge in [-0.1, -0.05) is 60.7 Å². The minimum absolute atomic E-state index is 0.397. The van der Waals surface area contributed by atoms with Gasteiger partial charge in [-0.3, -0.25) is 4.79 Å². The fourth-order valence-corrected chi connectivity index (χ4v) is 2.24. The normalized spacial score (nSPS) is 11.7. The summed E-state index contributed by atoms with van der Waals surface area (Å²) in [5.74, 6) is -0.397. The zero-order valence-electron chi connectivity index (χ0n) is 12.5. The molecule has 0 aromatic heterocycles. The van der Waals surface area contributed by atoms with Crippen LogP contribution in [-0.4, -0.2) is 25.5 Å². The Bertz CT molecular complexity index is 538. The molecule has 114 valence electrons. The summed E-state index contributed by atoms with van der Waals surface area (Å²) in [4.78, 5) is 12.2. The number of benzene rings is 2. The average molecular weight is 296 g/mol. The summed E-state index contributed by atoms with van der Waals surface area (Å²) in [6.07, 6.45) is 1.24. The van der Waals surface area contributed by atoms with Gasteiger partial charge in [-0.05, 0) is 30.3 Å². The van der Waals surface area contributed by atoms with E-state index in [9.17, 15) is 4.79 Å². The van der Waals surface area contributed by atoms with Crippen molar-refractivity contribution in [3.05, 3.63) is 60.7 Å². The second-order valence-corrected chi connectivity index (χ2v) is 5.18. The van der Waals surface area contributed by atoms with Crippen molar-refractivity contribution in [3.8, 4) is 0 Å². The van der Waals surface area contributed by atoms with E-state index in [1.807, 2.05) is 60.7 Å². The molecular formula is C17H21BN2O2. The molecule has 0 radical (unpaired) electrons. The molecule has 4 nitrogen and oxygen atoms in total. The lowest BCUT2D eigenvalue weighted by Crippen LogP contribution is -2.49. The van der Waals surface area contributed by atoms with Gasteiger partial charge in [-0.15, -0.1) is 0 Å². The third-order valence-electron chi connectivity index (χ3n) is 3.46. The fourth-order valence-electron chi connectivity index (χ4n) is 2.24. The lowest BCUT2D eigenvalue weighted by molar-refractivity contribution is -0.136. The molecule has 0 aliphatic carbocycles. The third kappa shape index (κ3) is 4.45. The first-order valence-corrected chi connectivity index (χ1v) is 7.48. The molecule has 0 unspecified atom stereocenters. The number of carbonyl (C=O) groups excluding carboxylic acids is 1. The molecule has 0 aliphatic heterocycles. The van der Waals surface area contributed by atoms with Crippen LogP contribution in [0.4, 0.5) is 0 Å². The first kappa shape index (κ1) is 16.3. The van der Waals surface area contributed by atoms with E-state index in [0.717, 1.165) is 10.9 Å². The topological polar surface area (TPSA) is 78.3 Å². The number of rotatable bonds is 7. The van der Waals surface area contributed by atoms with E-state index in [2.05, 4.69) is 0 Å². The van der Waals surface area contributed by atoms with Crippen molar-refractivity contribution in [2.24, 2.45) is 11.5 Å². The Kier molecular flexibility index (Phi) is 6.19. The van der Waals surface area contributed by atoms with Gasteiger partial charge in [-0.2, -0.15) is 0 Å². The first-order chi connectivity index (χ1) is 10.7. The van der Waals surface area contributed by atoms with Crippen LogP contribution < -0.4 is 22.4 Å². The molecule has 2 rings (SSSR count). The molecule has 0 fully saturated rings. The highest BCUT2D eigenvalue weighted by Crippen LogP contribution is 2.00. The highest BCUT2D eigenvalue weighted by molar-refractivity contribution is 6.81. The molecular weight excluding hydrogens is 275 g/mol. The third-order valence-corrected chi connectivity index (χ3v) is 3.46. The van der Waals surface area contributed by atoms with Gasteiger partial charge in [0.25, 0.3) is 0 Å². The van der Waals surface area contributed by atoms with Crippen LogP contribution in [-0.2, 0) is 9.45 Å². The second kappa shape index (κ2) is 8.36. The van der Waals surface area contributed by atoms with Crippen molar-refractivity contribution in [3.63, 3.8) is 0 Å². The van der Waals surface area contributed by atoms with Crippen molar-refractivity contribution in [2.45, 2.75) is 18.9 Å². The lowest BCUT2D eigenvalue weighted by atomic mass is 9.55. The van der Waals surface area contributed by atoms with Gasteiger partial charge >= 0.3 is 12.9 Å². The first-order valence-electron chi connectivity index (χ1n) is 7.48. The predicted octanol–water partition coefficient (Wildman–Crippen LogP) is 0.402. The summed E-state index contributed by atoms with van der Waals surface area (Å²) >= 11 is 0. The van der Waals surface area contributed by atoms with Crippen LogP contribution in [0, 0.1) is 0 Å². The molecule has 1 atom stereocenters. The maximum atomic E-state index is 12.2. The second-order valence-electron chi connectivity index (χ2n) is 5.18. The number of nitrogens with two attached hydrogens (primary N) is 2. The summed E-state index contributed by atoms with van der Waals surface area (Å²) in [6.45, 7) is 0.0701. The molecule has 0 aliphatic rings. The molecule has 0 saturated carbocycles. The Morgan fingerprint density at radius 2 is 1.50 bits per heavy atom. The van der Waals surface area contributed by atoms with Gasteiger partial charge in [-0.25, -0.2) is 0 Å². The van der Waals surface area contributed by atoms with Gasteiger partial charge in [0.2, 0.25) is 0 Å². The zero-order valence-corrected chi connectivity index (χ0v) is 12.5. The molecule has 0 amide bonds. The molecule has 22 heavy (non-hydrogen) atoms. The summed E-state index contributed by atoms with van der Waals surface area (Å²) in [5.41, 5.74) is 13.2. The van der Waals surface area contributed by atoms with Gasteiger partial charge in [0.05, 0.1) is 0 Å². The molecule has 0 bridgehead atoms. The van der Waals surface area contributed by atoms with Crippen LogP contribution in [0.3, 0.4) is 0 Å². The van der Waals surface area contributed by atoms with Crippen LogP contribution in [0.5, 0.6) is 0 Å². The SMILES string of the molecule is NCCC[C@H](N)C(=O)OB(c1ccccc1)c1ccccc1. The van der Waals surface area contributed by atoms with Crippen LogP contribution in [0.2, 0.25) is 0 Å². The van der Waals surface area contributed by atoms with Crippen molar-refractivity contribution in [2.75, 3.05) is 6.54 Å². The smallest absolute Gasteiger partial charge is 0.429 e. The van der Waals surface area contributed by atoms with Crippen molar-refractivity contribution in [1.82, 2.24) is 0 Å². The summed E-state index contributed by atoms with van der Waals surface area (Å²) < 4.78 is 5.68. The van der Waals surface area contributed by atoms with Gasteiger partial charge in [0, 0.05) is 0 Å². The quantitative estimate of drug-likeness (QED) is 0.725. The molecule has 2 aromatic carbocycles. The lowest BCUT2D eigenvalue weighted by Gasteiger charge is -2.18.